The summed E-state index contributed by atoms with van der Waals surface area (Å²) in [4.78, 5) is 45.8. The molecule has 0 bridgehead atoms. The van der Waals surface area contributed by atoms with Crippen molar-refractivity contribution < 1.29 is 4.79 Å². The Labute approximate surface area is 224 Å². The first-order chi connectivity index (χ1) is 18.4. The third kappa shape index (κ3) is 4.97. The molecule has 1 amide bonds. The highest BCUT2D eigenvalue weighted by atomic mass is 35.5. The monoisotopic (exact) mass is 532 g/mol. The lowest BCUT2D eigenvalue weighted by molar-refractivity contribution is -0.130. The van der Waals surface area contributed by atoms with Crippen LogP contribution in [0.3, 0.4) is 0 Å². The normalized spacial score (nSPS) is 14.2. The largest absolute Gasteiger partial charge is 0.354 e. The highest BCUT2D eigenvalue weighted by molar-refractivity contribution is 6.33. The van der Waals surface area contributed by atoms with Crippen molar-refractivity contribution in [2.45, 2.75) is 32.7 Å². The maximum atomic E-state index is 14.1. The third-order valence-electron chi connectivity index (χ3n) is 6.78. The van der Waals surface area contributed by atoms with Gasteiger partial charge in [-0.1, -0.05) is 23.7 Å². The second-order valence-electron chi connectivity index (χ2n) is 9.29. The molecular formula is C27H29ClN8O2. The molecule has 0 radical (unpaired) electrons. The molecule has 4 heterocycles. The van der Waals surface area contributed by atoms with Gasteiger partial charge in [0, 0.05) is 65.2 Å². The number of amides is 1. The Hall–Kier alpha value is -3.89. The minimum atomic E-state index is -0.188. The van der Waals surface area contributed by atoms with Gasteiger partial charge in [0.05, 0.1) is 24.1 Å². The van der Waals surface area contributed by atoms with Crippen molar-refractivity contribution in [2.75, 3.05) is 31.5 Å². The molecule has 5 rings (SSSR count). The molecule has 1 aromatic carbocycles. The van der Waals surface area contributed by atoms with Gasteiger partial charge in [-0.25, -0.2) is 9.97 Å². The summed E-state index contributed by atoms with van der Waals surface area (Å²) in [6.07, 6.45) is 6.32. The number of aryl methyl sites for hydroxylation is 1. The number of likely N-dealkylation sites (tertiary alicyclic amines) is 1. The molecule has 0 aliphatic carbocycles. The van der Waals surface area contributed by atoms with E-state index in [2.05, 4.69) is 25.3 Å². The molecule has 11 heteroatoms. The summed E-state index contributed by atoms with van der Waals surface area (Å²) in [5.74, 6) is 0.370. The molecule has 3 aromatic heterocycles. The summed E-state index contributed by atoms with van der Waals surface area (Å²) in [6.45, 7) is 5.52. The Morgan fingerprint density at radius 2 is 1.92 bits per heavy atom. The number of pyridine rings is 1. The van der Waals surface area contributed by atoms with Crippen LogP contribution in [0.4, 0.5) is 5.95 Å². The summed E-state index contributed by atoms with van der Waals surface area (Å²) < 4.78 is 1.74. The first-order valence-corrected chi connectivity index (χ1v) is 13.0. The Kier molecular flexibility index (Phi) is 7.35. The highest BCUT2D eigenvalue weighted by Crippen LogP contribution is 2.33. The number of nitrogens with one attached hydrogen (secondary N) is 1. The molecule has 0 unspecified atom stereocenters. The van der Waals surface area contributed by atoms with Crippen LogP contribution < -0.4 is 16.6 Å². The molecule has 38 heavy (non-hydrogen) atoms. The average molecular weight is 533 g/mol. The van der Waals surface area contributed by atoms with Crippen molar-refractivity contribution in [2.24, 2.45) is 5.73 Å². The number of hydrogen-bond donors (Lipinski definition) is 2. The lowest BCUT2D eigenvalue weighted by Crippen LogP contribution is -2.43. The van der Waals surface area contributed by atoms with Crippen molar-refractivity contribution in [3.05, 3.63) is 63.9 Å². The molecule has 196 valence electrons. The van der Waals surface area contributed by atoms with Gasteiger partial charge in [0.2, 0.25) is 11.9 Å². The quantitative estimate of drug-likeness (QED) is 0.386. The fraction of sp³-hybridized carbons (Fsp3) is 0.333. The average Bonchev–Trinajstić information content (AvgIpc) is 2.93. The Morgan fingerprint density at radius 1 is 1.13 bits per heavy atom. The van der Waals surface area contributed by atoms with Gasteiger partial charge in [0.15, 0.2) is 0 Å². The van der Waals surface area contributed by atoms with Crippen LogP contribution in [-0.4, -0.2) is 61.5 Å². The summed E-state index contributed by atoms with van der Waals surface area (Å²) in [6, 6.07) is 7.18. The van der Waals surface area contributed by atoms with Crippen LogP contribution in [0.5, 0.6) is 0 Å². The second-order valence-corrected chi connectivity index (χ2v) is 9.70. The molecule has 1 fully saturated rings. The minimum absolute atomic E-state index is 0.0229. The lowest BCUT2D eigenvalue weighted by atomic mass is 10.0. The fourth-order valence-electron chi connectivity index (χ4n) is 4.89. The Balaban J connectivity index is 1.61. The fourth-order valence-corrected chi connectivity index (χ4v) is 5.18. The number of fused-ring (bicyclic) bond motifs is 1. The van der Waals surface area contributed by atoms with Crippen molar-refractivity contribution in [3.63, 3.8) is 0 Å². The number of benzene rings is 1. The summed E-state index contributed by atoms with van der Waals surface area (Å²) in [5.41, 5.74) is 9.32. The standard InChI is InChI=1S/C27H29ClN8O2/c1-3-31-27-32-14-18-10-21(20-5-4-17(11-22(20)28)23-15-30-13-16(2)33-23)26(38)36(25(18)34-27)19-6-8-35(9-7-19)24(37)12-29/h4-5,10-11,13-15,19H,3,6-9,12,29H2,1-2H3,(H,31,32,34). The van der Waals surface area contributed by atoms with Crippen molar-refractivity contribution in [3.8, 4) is 22.4 Å². The smallest absolute Gasteiger partial charge is 0.260 e. The lowest BCUT2D eigenvalue weighted by Gasteiger charge is -2.33. The van der Waals surface area contributed by atoms with Gasteiger partial charge in [0.1, 0.15) is 5.65 Å². The number of halogens is 1. The first kappa shape index (κ1) is 25.7. The van der Waals surface area contributed by atoms with Crippen molar-refractivity contribution in [1.82, 2.24) is 29.4 Å². The van der Waals surface area contributed by atoms with Crippen LogP contribution in [0.15, 0.2) is 47.7 Å². The van der Waals surface area contributed by atoms with Crippen LogP contribution in [0.25, 0.3) is 33.4 Å². The molecule has 0 spiro atoms. The third-order valence-corrected chi connectivity index (χ3v) is 7.09. The number of nitrogens with two attached hydrogens (primary N) is 1. The molecule has 0 saturated carbocycles. The van der Waals surface area contributed by atoms with Crippen LogP contribution >= 0.6 is 11.6 Å². The van der Waals surface area contributed by atoms with Gasteiger partial charge in [-0.3, -0.25) is 19.1 Å². The maximum absolute atomic E-state index is 14.1. The molecule has 1 aliphatic rings. The van der Waals surface area contributed by atoms with Crippen molar-refractivity contribution >= 4 is 34.5 Å². The Bertz CT molecular complexity index is 1560. The summed E-state index contributed by atoms with van der Waals surface area (Å²) >= 11 is 6.76. The highest BCUT2D eigenvalue weighted by Gasteiger charge is 2.27. The second kappa shape index (κ2) is 10.8. The number of rotatable bonds is 6. The van der Waals surface area contributed by atoms with Gasteiger partial charge >= 0.3 is 0 Å². The number of aromatic nitrogens is 5. The van der Waals surface area contributed by atoms with Gasteiger partial charge < -0.3 is 16.0 Å². The number of carbonyl (C=O) groups excluding carboxylic acids is 1. The van der Waals surface area contributed by atoms with E-state index in [1.165, 1.54) is 0 Å². The number of carbonyl (C=O) groups is 1. The Morgan fingerprint density at radius 3 is 2.61 bits per heavy atom. The predicted molar refractivity (Wildman–Crippen MR) is 148 cm³/mol. The zero-order valence-electron chi connectivity index (χ0n) is 21.3. The van der Waals surface area contributed by atoms with E-state index in [4.69, 9.17) is 17.3 Å². The van der Waals surface area contributed by atoms with Crippen molar-refractivity contribution in [1.29, 1.82) is 0 Å². The molecule has 1 saturated heterocycles. The van der Waals surface area contributed by atoms with Gasteiger partial charge in [0.25, 0.3) is 5.56 Å². The molecule has 10 nitrogen and oxygen atoms in total. The number of piperidine rings is 1. The van der Waals surface area contributed by atoms with Gasteiger partial charge in [-0.05, 0) is 38.8 Å². The topological polar surface area (TPSA) is 132 Å². The molecule has 3 N–H and O–H groups in total. The van der Waals surface area contributed by atoms with Crippen LogP contribution in [0.1, 0.15) is 31.5 Å². The van der Waals surface area contributed by atoms with Crippen LogP contribution in [0, 0.1) is 6.92 Å². The van der Waals surface area contributed by atoms with E-state index in [0.29, 0.717) is 65.9 Å². The van der Waals surface area contributed by atoms with E-state index < -0.39 is 0 Å². The minimum Gasteiger partial charge on any atom is -0.354 e. The zero-order valence-corrected chi connectivity index (χ0v) is 22.1. The maximum Gasteiger partial charge on any atom is 0.260 e. The van der Waals surface area contributed by atoms with E-state index in [-0.39, 0.29) is 24.1 Å². The number of nitrogens with zero attached hydrogens (tertiary/aromatic N) is 6. The zero-order chi connectivity index (χ0) is 26.8. The predicted octanol–water partition coefficient (Wildman–Crippen LogP) is 3.43. The van der Waals surface area contributed by atoms with E-state index in [1.54, 1.807) is 40.2 Å². The molecule has 0 atom stereocenters. The summed E-state index contributed by atoms with van der Waals surface area (Å²) in [7, 11) is 0. The first-order valence-electron chi connectivity index (χ1n) is 12.6. The molecule has 4 aromatic rings. The molecular weight excluding hydrogens is 504 g/mol. The number of anilines is 1. The van der Waals surface area contributed by atoms with Crippen LogP contribution in [-0.2, 0) is 4.79 Å². The molecule has 1 aliphatic heterocycles. The van der Waals surface area contributed by atoms with Crippen LogP contribution in [0.2, 0.25) is 5.02 Å². The van der Waals surface area contributed by atoms with E-state index >= 15 is 0 Å². The summed E-state index contributed by atoms with van der Waals surface area (Å²) in [5, 5.41) is 4.28. The number of hydrogen-bond acceptors (Lipinski definition) is 8. The SMILES string of the molecule is CCNc1ncc2cc(-c3ccc(-c4cncc(C)n4)cc3Cl)c(=O)n(C3CCN(C(=O)CN)CC3)c2n1. The van der Waals surface area contributed by atoms with Gasteiger partial charge in [-0.2, -0.15) is 4.98 Å². The van der Waals surface area contributed by atoms with E-state index in [0.717, 1.165) is 16.6 Å². The van der Waals surface area contributed by atoms with E-state index in [1.807, 2.05) is 26.0 Å². The van der Waals surface area contributed by atoms with Gasteiger partial charge in [-0.15, -0.1) is 0 Å². The van der Waals surface area contributed by atoms with E-state index in [9.17, 15) is 9.59 Å².